The van der Waals surface area contributed by atoms with Gasteiger partial charge in [0.25, 0.3) is 0 Å². The topological polar surface area (TPSA) is 87.9 Å². The number of hydrogen-bond acceptors (Lipinski definition) is 5. The number of nitrogens with one attached hydrogen (secondary N) is 2. The third kappa shape index (κ3) is 3.65. The molecule has 0 spiro atoms. The molecule has 0 radical (unpaired) electrons. The van der Waals surface area contributed by atoms with Crippen LogP contribution in [-0.2, 0) is 11.3 Å². The van der Waals surface area contributed by atoms with E-state index >= 15 is 0 Å². The number of ether oxygens (including phenoxy) is 1. The lowest BCUT2D eigenvalue weighted by Crippen LogP contribution is -2.23. The van der Waals surface area contributed by atoms with Gasteiger partial charge < -0.3 is 9.84 Å². The summed E-state index contributed by atoms with van der Waals surface area (Å²) in [4.78, 5) is 15.9. The lowest BCUT2D eigenvalue weighted by atomic mass is 10.1. The molecule has 7 nitrogen and oxygen atoms in total. The van der Waals surface area contributed by atoms with Crippen LogP contribution in [0.4, 0.5) is 10.5 Å². The number of benzene rings is 1. The number of pyridine rings is 1. The Morgan fingerprint density at radius 3 is 2.92 bits per heavy atom. The van der Waals surface area contributed by atoms with E-state index in [1.807, 2.05) is 35.7 Å². The lowest BCUT2D eigenvalue weighted by molar-refractivity contribution is 0.131. The van der Waals surface area contributed by atoms with E-state index in [1.54, 1.807) is 18.2 Å². The first-order valence-corrected chi connectivity index (χ1v) is 8.36. The minimum absolute atomic E-state index is 0.236. The van der Waals surface area contributed by atoms with Crippen molar-refractivity contribution in [1.29, 1.82) is 0 Å². The van der Waals surface area contributed by atoms with Crippen LogP contribution in [0.25, 0.3) is 5.65 Å². The molecular weight excluding hydrogens is 356 g/mol. The molecule has 0 saturated carbocycles. The number of aliphatic hydroxyl groups is 1. The van der Waals surface area contributed by atoms with Crippen molar-refractivity contribution >= 4 is 29.0 Å². The molecule has 1 amide bonds. The van der Waals surface area contributed by atoms with E-state index in [-0.39, 0.29) is 6.54 Å². The second-order valence-corrected chi connectivity index (χ2v) is 6.08. The summed E-state index contributed by atoms with van der Waals surface area (Å²) in [5, 5.41) is 16.7. The Bertz CT molecular complexity index is 941. The molecule has 2 heterocycles. The van der Waals surface area contributed by atoms with Crippen LogP contribution in [0.2, 0.25) is 5.02 Å². The van der Waals surface area contributed by atoms with E-state index in [4.69, 9.17) is 11.6 Å². The van der Waals surface area contributed by atoms with Gasteiger partial charge in [0.15, 0.2) is 0 Å². The molecule has 8 heteroatoms. The summed E-state index contributed by atoms with van der Waals surface area (Å²) in [7, 11) is 1.29. The molecule has 2 aromatic heterocycles. The minimum atomic E-state index is -0.963. The molecule has 1 aromatic carbocycles. The van der Waals surface area contributed by atoms with Gasteiger partial charge in [0.05, 0.1) is 18.5 Å². The van der Waals surface area contributed by atoms with Crippen molar-refractivity contribution in [2.45, 2.75) is 19.7 Å². The number of hydrogen-bond donors (Lipinski definition) is 3. The van der Waals surface area contributed by atoms with Gasteiger partial charge in [0.2, 0.25) is 0 Å². The van der Waals surface area contributed by atoms with Crippen molar-refractivity contribution in [2.24, 2.45) is 0 Å². The molecule has 3 aromatic rings. The van der Waals surface area contributed by atoms with Gasteiger partial charge in [-0.05, 0) is 31.2 Å². The highest BCUT2D eigenvalue weighted by molar-refractivity contribution is 6.31. The van der Waals surface area contributed by atoms with Crippen molar-refractivity contribution in [3.05, 3.63) is 64.6 Å². The number of carbonyl (C=O) groups is 1. The number of halogens is 1. The fraction of sp³-hybridized carbons (Fsp3) is 0.222. The SMILES string of the molecule is COC(=O)Nc1cccc(Cl)c1CNC(O)c1c(C)nc2ccccn12. The highest BCUT2D eigenvalue weighted by atomic mass is 35.5. The number of imidazole rings is 1. The maximum Gasteiger partial charge on any atom is 0.411 e. The number of aromatic nitrogens is 2. The number of methoxy groups -OCH3 is 1. The fourth-order valence-electron chi connectivity index (χ4n) is 2.77. The summed E-state index contributed by atoms with van der Waals surface area (Å²) in [5.41, 5.74) is 3.29. The average Bonchev–Trinajstić information content (AvgIpc) is 2.96. The third-order valence-corrected chi connectivity index (χ3v) is 4.38. The number of nitrogens with zero attached hydrogens (tertiary/aromatic N) is 2. The van der Waals surface area contributed by atoms with Gasteiger partial charge in [-0.2, -0.15) is 0 Å². The molecule has 1 unspecified atom stereocenters. The van der Waals surface area contributed by atoms with Crippen molar-refractivity contribution in [1.82, 2.24) is 14.7 Å². The number of aryl methyl sites for hydroxylation is 1. The predicted molar refractivity (Wildman–Crippen MR) is 99.2 cm³/mol. The van der Waals surface area contributed by atoms with Crippen LogP contribution in [0.1, 0.15) is 23.2 Å². The zero-order valence-electron chi connectivity index (χ0n) is 14.4. The third-order valence-electron chi connectivity index (χ3n) is 4.02. The molecule has 3 N–H and O–H groups in total. The van der Waals surface area contributed by atoms with Crippen LogP contribution >= 0.6 is 11.6 Å². The van der Waals surface area contributed by atoms with E-state index in [2.05, 4.69) is 20.4 Å². The van der Waals surface area contributed by atoms with Crippen molar-refractivity contribution in [3.63, 3.8) is 0 Å². The van der Waals surface area contributed by atoms with E-state index < -0.39 is 12.3 Å². The molecular formula is C18H19ClN4O3. The standard InChI is InChI=1S/C18H19ClN4O3/c1-11-16(23-9-4-3-8-15(23)21-11)17(24)20-10-12-13(19)6-5-7-14(12)22-18(25)26-2/h3-9,17,20,24H,10H2,1-2H3,(H,22,25). The zero-order valence-corrected chi connectivity index (χ0v) is 15.1. The van der Waals surface area contributed by atoms with Crippen LogP contribution in [0.15, 0.2) is 42.6 Å². The smallest absolute Gasteiger partial charge is 0.411 e. The number of amides is 1. The highest BCUT2D eigenvalue weighted by Crippen LogP contribution is 2.26. The maximum atomic E-state index is 11.5. The Morgan fingerprint density at radius 1 is 1.35 bits per heavy atom. The van der Waals surface area contributed by atoms with Crippen LogP contribution in [0.5, 0.6) is 0 Å². The van der Waals surface area contributed by atoms with Gasteiger partial charge in [-0.25, -0.2) is 9.78 Å². The molecule has 1 atom stereocenters. The van der Waals surface area contributed by atoms with Gasteiger partial charge in [-0.1, -0.05) is 23.7 Å². The second-order valence-electron chi connectivity index (χ2n) is 5.68. The lowest BCUT2D eigenvalue weighted by Gasteiger charge is -2.17. The molecule has 0 bridgehead atoms. The largest absolute Gasteiger partial charge is 0.453 e. The van der Waals surface area contributed by atoms with Crippen LogP contribution in [0, 0.1) is 6.92 Å². The summed E-state index contributed by atoms with van der Waals surface area (Å²) in [6.07, 6.45) is 0.288. The second kappa shape index (κ2) is 7.74. The number of rotatable bonds is 5. The Kier molecular flexibility index (Phi) is 5.41. The summed E-state index contributed by atoms with van der Waals surface area (Å²) in [6.45, 7) is 2.08. The van der Waals surface area contributed by atoms with Gasteiger partial charge in [-0.3, -0.25) is 15.0 Å². The van der Waals surface area contributed by atoms with E-state index in [1.165, 1.54) is 7.11 Å². The highest BCUT2D eigenvalue weighted by Gasteiger charge is 2.18. The Labute approximate surface area is 155 Å². The molecule has 26 heavy (non-hydrogen) atoms. The zero-order chi connectivity index (χ0) is 18.7. The average molecular weight is 375 g/mol. The first-order valence-electron chi connectivity index (χ1n) is 7.98. The summed E-state index contributed by atoms with van der Waals surface area (Å²) in [5.74, 6) is 0. The number of aliphatic hydroxyl groups excluding tert-OH is 1. The number of carbonyl (C=O) groups excluding carboxylic acids is 1. The molecule has 136 valence electrons. The first-order chi connectivity index (χ1) is 12.5. The Hall–Kier alpha value is -2.61. The van der Waals surface area contributed by atoms with E-state index in [0.717, 1.165) is 11.3 Å². The van der Waals surface area contributed by atoms with Crippen LogP contribution in [0.3, 0.4) is 0 Å². The van der Waals surface area contributed by atoms with Gasteiger partial charge >= 0.3 is 6.09 Å². The Balaban J connectivity index is 1.82. The molecule has 0 aliphatic rings. The maximum absolute atomic E-state index is 11.5. The van der Waals surface area contributed by atoms with Crippen molar-refractivity contribution in [2.75, 3.05) is 12.4 Å². The van der Waals surface area contributed by atoms with E-state index in [0.29, 0.717) is 22.0 Å². The summed E-state index contributed by atoms with van der Waals surface area (Å²) in [6, 6.07) is 10.8. The fourth-order valence-corrected chi connectivity index (χ4v) is 3.02. The van der Waals surface area contributed by atoms with Crippen LogP contribution < -0.4 is 10.6 Å². The molecule has 0 fully saturated rings. The van der Waals surface area contributed by atoms with Gasteiger partial charge in [-0.15, -0.1) is 0 Å². The number of anilines is 1. The normalized spacial score (nSPS) is 12.2. The molecule has 0 aliphatic heterocycles. The quantitative estimate of drug-likeness (QED) is 0.596. The first kappa shape index (κ1) is 18.2. The summed E-state index contributed by atoms with van der Waals surface area (Å²) < 4.78 is 6.45. The summed E-state index contributed by atoms with van der Waals surface area (Å²) >= 11 is 6.26. The monoisotopic (exact) mass is 374 g/mol. The minimum Gasteiger partial charge on any atom is -0.453 e. The molecule has 0 saturated heterocycles. The van der Waals surface area contributed by atoms with Gasteiger partial charge in [0, 0.05) is 29.0 Å². The predicted octanol–water partition coefficient (Wildman–Crippen LogP) is 3.26. The van der Waals surface area contributed by atoms with Crippen LogP contribution in [-0.4, -0.2) is 27.7 Å². The molecule has 3 rings (SSSR count). The Morgan fingerprint density at radius 2 is 2.15 bits per heavy atom. The van der Waals surface area contributed by atoms with Crippen molar-refractivity contribution < 1.29 is 14.6 Å². The van der Waals surface area contributed by atoms with E-state index in [9.17, 15) is 9.90 Å². The molecule has 0 aliphatic carbocycles. The van der Waals surface area contributed by atoms with Crippen molar-refractivity contribution in [3.8, 4) is 0 Å². The number of fused-ring (bicyclic) bond motifs is 1. The van der Waals surface area contributed by atoms with Gasteiger partial charge in [0.1, 0.15) is 11.9 Å².